The zero-order chi connectivity index (χ0) is 12.9. The van der Waals surface area contributed by atoms with Gasteiger partial charge in [-0.1, -0.05) is 20.8 Å². The molecule has 0 saturated heterocycles. The Kier molecular flexibility index (Phi) is 6.08. The van der Waals surface area contributed by atoms with Crippen molar-refractivity contribution in [2.45, 2.75) is 40.2 Å². The second-order valence-corrected chi connectivity index (χ2v) is 4.95. The van der Waals surface area contributed by atoms with Crippen LogP contribution < -0.4 is 5.32 Å². The van der Waals surface area contributed by atoms with Crippen LogP contribution in [-0.4, -0.2) is 36.9 Å². The number of likely N-dealkylation sites (N-methyl/N-ethyl adjacent to an activating group) is 1. The number of hydrogen-bond donors (Lipinski definition) is 1. The Balaban J connectivity index is 4.10. The fourth-order valence-electron chi connectivity index (χ4n) is 1.28. The number of carbonyl (C=O) groups is 2. The zero-order valence-electron chi connectivity index (χ0n) is 11.2. The largest absolute Gasteiger partial charge is 0.347 e. The molecular formula is C12H24N2O2. The smallest absolute Gasteiger partial charge is 0.244 e. The van der Waals surface area contributed by atoms with E-state index in [1.165, 1.54) is 4.90 Å². The molecule has 0 aliphatic heterocycles. The molecule has 94 valence electrons. The van der Waals surface area contributed by atoms with E-state index in [1.54, 1.807) is 21.0 Å². The summed E-state index contributed by atoms with van der Waals surface area (Å²) in [6.45, 7) is 7.93. The van der Waals surface area contributed by atoms with Crippen molar-refractivity contribution in [1.29, 1.82) is 0 Å². The lowest BCUT2D eigenvalue weighted by molar-refractivity contribution is -0.134. The minimum Gasteiger partial charge on any atom is -0.347 e. The van der Waals surface area contributed by atoms with Crippen LogP contribution >= 0.6 is 0 Å². The molecule has 0 aromatic carbocycles. The first-order chi connectivity index (χ1) is 7.25. The first-order valence-corrected chi connectivity index (χ1v) is 5.76. The Morgan fingerprint density at radius 2 is 1.62 bits per heavy atom. The summed E-state index contributed by atoms with van der Waals surface area (Å²) in [4.78, 5) is 24.6. The molecule has 0 aromatic heterocycles. The van der Waals surface area contributed by atoms with E-state index in [0.29, 0.717) is 18.3 Å². The van der Waals surface area contributed by atoms with Crippen LogP contribution in [0, 0.1) is 11.8 Å². The van der Waals surface area contributed by atoms with Gasteiger partial charge in [-0.15, -0.1) is 0 Å². The van der Waals surface area contributed by atoms with Crippen molar-refractivity contribution in [2.75, 3.05) is 14.1 Å². The van der Waals surface area contributed by atoms with Crippen molar-refractivity contribution in [1.82, 2.24) is 10.2 Å². The summed E-state index contributed by atoms with van der Waals surface area (Å²) in [6, 6.07) is -0.443. The Labute approximate surface area is 98.4 Å². The molecule has 0 fully saturated rings. The topological polar surface area (TPSA) is 49.4 Å². The third-order valence-corrected chi connectivity index (χ3v) is 2.83. The van der Waals surface area contributed by atoms with Gasteiger partial charge in [-0.25, -0.2) is 0 Å². The van der Waals surface area contributed by atoms with Crippen molar-refractivity contribution in [3.8, 4) is 0 Å². The summed E-state index contributed by atoms with van der Waals surface area (Å²) in [6.07, 6.45) is 0.475. The van der Waals surface area contributed by atoms with Crippen LogP contribution in [0.1, 0.15) is 34.1 Å². The zero-order valence-corrected chi connectivity index (χ0v) is 11.2. The summed E-state index contributed by atoms with van der Waals surface area (Å²) in [5.41, 5.74) is 0. The van der Waals surface area contributed by atoms with E-state index in [1.807, 2.05) is 6.92 Å². The fraction of sp³-hybridized carbons (Fsp3) is 0.833. The molecule has 0 bridgehead atoms. The van der Waals surface area contributed by atoms with Crippen LogP contribution in [0.5, 0.6) is 0 Å². The number of hydrogen-bond acceptors (Lipinski definition) is 2. The molecule has 0 heterocycles. The molecule has 2 amide bonds. The highest BCUT2D eigenvalue weighted by molar-refractivity contribution is 5.87. The van der Waals surface area contributed by atoms with Crippen LogP contribution in [0.2, 0.25) is 0 Å². The summed E-state index contributed by atoms with van der Waals surface area (Å²) in [5, 5.41) is 2.72. The van der Waals surface area contributed by atoms with Gasteiger partial charge in [-0.05, 0) is 18.8 Å². The molecule has 4 heteroatoms. The molecule has 0 saturated carbocycles. The minimum atomic E-state index is -0.443. The van der Waals surface area contributed by atoms with Crippen molar-refractivity contribution in [3.63, 3.8) is 0 Å². The number of carbonyl (C=O) groups excluding carboxylic acids is 2. The standard InChI is InChI=1S/C12H24N2O2/c1-8(2)9(3)7-11(15)13-10(4)12(16)14(5)6/h8-10H,7H2,1-6H3,(H,13,15)/t9-,10+/m1/s1. The lowest BCUT2D eigenvalue weighted by Crippen LogP contribution is -2.44. The Bertz CT molecular complexity index is 249. The van der Waals surface area contributed by atoms with Gasteiger partial charge >= 0.3 is 0 Å². The highest BCUT2D eigenvalue weighted by atomic mass is 16.2. The average molecular weight is 228 g/mol. The van der Waals surface area contributed by atoms with Gasteiger partial charge in [0.2, 0.25) is 11.8 Å². The maximum absolute atomic E-state index is 11.6. The van der Waals surface area contributed by atoms with Crippen molar-refractivity contribution in [2.24, 2.45) is 11.8 Å². The third-order valence-electron chi connectivity index (χ3n) is 2.83. The molecule has 16 heavy (non-hydrogen) atoms. The summed E-state index contributed by atoms with van der Waals surface area (Å²) in [7, 11) is 3.36. The van der Waals surface area contributed by atoms with Crippen molar-refractivity contribution >= 4 is 11.8 Å². The van der Waals surface area contributed by atoms with Gasteiger partial charge in [0.25, 0.3) is 0 Å². The van der Waals surface area contributed by atoms with Crippen molar-refractivity contribution < 1.29 is 9.59 Å². The minimum absolute atomic E-state index is 0.0519. The molecule has 4 nitrogen and oxygen atoms in total. The lowest BCUT2D eigenvalue weighted by Gasteiger charge is -2.20. The van der Waals surface area contributed by atoms with E-state index >= 15 is 0 Å². The highest BCUT2D eigenvalue weighted by Crippen LogP contribution is 2.13. The quantitative estimate of drug-likeness (QED) is 0.770. The second kappa shape index (κ2) is 6.51. The van der Waals surface area contributed by atoms with Crippen LogP contribution in [-0.2, 0) is 9.59 Å². The van der Waals surface area contributed by atoms with Crippen LogP contribution in [0.3, 0.4) is 0 Å². The first kappa shape index (κ1) is 14.9. The molecule has 0 unspecified atom stereocenters. The molecule has 0 spiro atoms. The highest BCUT2D eigenvalue weighted by Gasteiger charge is 2.19. The van der Waals surface area contributed by atoms with Gasteiger partial charge in [0.1, 0.15) is 6.04 Å². The van der Waals surface area contributed by atoms with E-state index in [2.05, 4.69) is 19.2 Å². The van der Waals surface area contributed by atoms with Crippen LogP contribution in [0.15, 0.2) is 0 Å². The van der Waals surface area contributed by atoms with Gasteiger partial charge in [-0.3, -0.25) is 9.59 Å². The number of nitrogens with zero attached hydrogens (tertiary/aromatic N) is 1. The second-order valence-electron chi connectivity index (χ2n) is 4.95. The van der Waals surface area contributed by atoms with E-state index in [9.17, 15) is 9.59 Å². The van der Waals surface area contributed by atoms with Crippen molar-refractivity contribution in [3.05, 3.63) is 0 Å². The molecule has 0 aliphatic rings. The van der Waals surface area contributed by atoms with E-state index in [-0.39, 0.29) is 11.8 Å². The average Bonchev–Trinajstić information content (AvgIpc) is 2.15. The normalized spacial score (nSPS) is 14.4. The lowest BCUT2D eigenvalue weighted by atomic mass is 9.94. The van der Waals surface area contributed by atoms with Gasteiger partial charge in [0.05, 0.1) is 0 Å². The molecule has 0 aliphatic carbocycles. The Morgan fingerprint density at radius 3 is 2.00 bits per heavy atom. The summed E-state index contributed by atoms with van der Waals surface area (Å²) < 4.78 is 0. The number of rotatable bonds is 5. The summed E-state index contributed by atoms with van der Waals surface area (Å²) in [5.74, 6) is 0.682. The SMILES string of the molecule is CC(C)[C@H](C)CC(=O)N[C@@H](C)C(=O)N(C)C. The van der Waals surface area contributed by atoms with Gasteiger partial charge in [-0.2, -0.15) is 0 Å². The number of nitrogens with one attached hydrogen (secondary N) is 1. The molecular weight excluding hydrogens is 204 g/mol. The first-order valence-electron chi connectivity index (χ1n) is 5.76. The molecule has 2 atom stereocenters. The van der Waals surface area contributed by atoms with Gasteiger partial charge in [0, 0.05) is 20.5 Å². The van der Waals surface area contributed by atoms with Gasteiger partial charge < -0.3 is 10.2 Å². The predicted molar refractivity (Wildman–Crippen MR) is 64.9 cm³/mol. The maximum atomic E-state index is 11.6. The summed E-state index contributed by atoms with van der Waals surface area (Å²) >= 11 is 0. The number of amides is 2. The monoisotopic (exact) mass is 228 g/mol. The van der Waals surface area contributed by atoms with E-state index in [0.717, 1.165) is 0 Å². The molecule has 1 N–H and O–H groups in total. The Morgan fingerprint density at radius 1 is 1.12 bits per heavy atom. The third kappa shape index (κ3) is 5.14. The molecule has 0 rings (SSSR count). The van der Waals surface area contributed by atoms with Gasteiger partial charge in [0.15, 0.2) is 0 Å². The fourth-order valence-corrected chi connectivity index (χ4v) is 1.28. The molecule has 0 aromatic rings. The maximum Gasteiger partial charge on any atom is 0.244 e. The van der Waals surface area contributed by atoms with E-state index < -0.39 is 6.04 Å². The molecule has 0 radical (unpaired) electrons. The van der Waals surface area contributed by atoms with Crippen LogP contribution in [0.4, 0.5) is 0 Å². The predicted octanol–water partition coefficient (Wildman–Crippen LogP) is 1.26. The van der Waals surface area contributed by atoms with Crippen LogP contribution in [0.25, 0.3) is 0 Å². The van der Waals surface area contributed by atoms with E-state index in [4.69, 9.17) is 0 Å². The Hall–Kier alpha value is -1.06.